The average molecular weight is 342 g/mol. The first kappa shape index (κ1) is 17.5. The van der Waals surface area contributed by atoms with Crippen molar-refractivity contribution < 1.29 is 27.3 Å². The molecular formula is C15H13F3N2O4. The minimum atomic E-state index is -4.59. The highest BCUT2D eigenvalue weighted by molar-refractivity contribution is 5.94. The van der Waals surface area contributed by atoms with E-state index in [2.05, 4.69) is 0 Å². The van der Waals surface area contributed by atoms with Gasteiger partial charge in [0.15, 0.2) is 0 Å². The standard InChI is InChI=1S/C15H13F3N2O4/c1-10-7-11(4-5-13(10)20(22)23)14(21)19(9-15(16,17)18)8-12-3-2-6-24-12/h2-7H,8-9H2,1H3. The fourth-order valence-electron chi connectivity index (χ4n) is 2.18. The van der Waals surface area contributed by atoms with E-state index in [1.807, 2.05) is 0 Å². The Bertz CT molecular complexity index is 742. The maximum absolute atomic E-state index is 12.7. The maximum Gasteiger partial charge on any atom is 0.406 e. The van der Waals surface area contributed by atoms with Gasteiger partial charge in [0.05, 0.1) is 17.7 Å². The summed E-state index contributed by atoms with van der Waals surface area (Å²) in [5.74, 6) is -0.687. The van der Waals surface area contributed by atoms with Gasteiger partial charge in [-0.2, -0.15) is 13.2 Å². The van der Waals surface area contributed by atoms with Gasteiger partial charge in [0, 0.05) is 17.2 Å². The number of furan rings is 1. The SMILES string of the molecule is Cc1cc(C(=O)N(Cc2ccco2)CC(F)(F)F)ccc1[N+](=O)[O-]. The quantitative estimate of drug-likeness (QED) is 0.613. The van der Waals surface area contributed by atoms with Gasteiger partial charge in [-0.25, -0.2) is 0 Å². The molecule has 0 fully saturated rings. The lowest BCUT2D eigenvalue weighted by Crippen LogP contribution is -2.38. The van der Waals surface area contributed by atoms with Crippen molar-refractivity contribution in [3.05, 3.63) is 63.6 Å². The molecule has 0 unspecified atom stereocenters. The number of carbonyl (C=O) groups excluding carboxylic acids is 1. The van der Waals surface area contributed by atoms with Crippen molar-refractivity contribution in [2.75, 3.05) is 6.54 Å². The summed E-state index contributed by atoms with van der Waals surface area (Å²) < 4.78 is 43.2. The van der Waals surface area contributed by atoms with Gasteiger partial charge in [0.25, 0.3) is 11.6 Å². The Morgan fingerprint density at radius 2 is 2.04 bits per heavy atom. The number of hydrogen-bond acceptors (Lipinski definition) is 4. The zero-order valence-corrected chi connectivity index (χ0v) is 12.5. The zero-order valence-electron chi connectivity index (χ0n) is 12.5. The van der Waals surface area contributed by atoms with Gasteiger partial charge in [-0.15, -0.1) is 0 Å². The maximum atomic E-state index is 12.7. The molecule has 0 saturated carbocycles. The predicted octanol–water partition coefficient (Wildman–Crippen LogP) is 3.70. The van der Waals surface area contributed by atoms with Crippen molar-refractivity contribution in [3.63, 3.8) is 0 Å². The van der Waals surface area contributed by atoms with Crippen molar-refractivity contribution in [1.82, 2.24) is 4.90 Å². The van der Waals surface area contributed by atoms with Gasteiger partial charge in [-0.1, -0.05) is 0 Å². The number of hydrogen-bond donors (Lipinski definition) is 0. The number of amides is 1. The van der Waals surface area contributed by atoms with E-state index in [1.54, 1.807) is 0 Å². The average Bonchev–Trinajstić information content (AvgIpc) is 2.96. The molecular weight excluding hydrogens is 329 g/mol. The van der Waals surface area contributed by atoms with Crippen molar-refractivity contribution >= 4 is 11.6 Å². The van der Waals surface area contributed by atoms with Gasteiger partial charge in [0.1, 0.15) is 12.3 Å². The summed E-state index contributed by atoms with van der Waals surface area (Å²) in [5.41, 5.74) is -0.0790. The normalized spacial score (nSPS) is 11.3. The predicted molar refractivity (Wildman–Crippen MR) is 77.3 cm³/mol. The van der Waals surface area contributed by atoms with Gasteiger partial charge in [0.2, 0.25) is 0 Å². The van der Waals surface area contributed by atoms with E-state index < -0.39 is 23.6 Å². The Balaban J connectivity index is 2.29. The molecule has 24 heavy (non-hydrogen) atoms. The molecule has 6 nitrogen and oxygen atoms in total. The second-order valence-corrected chi connectivity index (χ2v) is 5.11. The highest BCUT2D eigenvalue weighted by Gasteiger charge is 2.34. The summed E-state index contributed by atoms with van der Waals surface area (Å²) in [5, 5.41) is 10.8. The minimum absolute atomic E-state index is 0.0612. The van der Waals surface area contributed by atoms with Crippen molar-refractivity contribution in [2.45, 2.75) is 19.6 Å². The molecule has 1 aromatic heterocycles. The molecule has 0 radical (unpaired) electrons. The molecule has 0 spiro atoms. The summed E-state index contributed by atoms with van der Waals surface area (Å²) >= 11 is 0. The van der Waals surface area contributed by atoms with Crippen molar-refractivity contribution in [1.29, 1.82) is 0 Å². The smallest absolute Gasteiger partial charge is 0.406 e. The van der Waals surface area contributed by atoms with E-state index in [0.717, 1.165) is 12.1 Å². The lowest BCUT2D eigenvalue weighted by atomic mass is 10.1. The van der Waals surface area contributed by atoms with Gasteiger partial charge in [-0.05, 0) is 31.2 Å². The number of alkyl halides is 3. The molecule has 2 rings (SSSR count). The molecule has 2 aromatic rings. The fourth-order valence-corrected chi connectivity index (χ4v) is 2.18. The number of halogens is 3. The summed E-state index contributed by atoms with van der Waals surface area (Å²) in [6.07, 6.45) is -3.29. The number of nitro benzene ring substituents is 1. The Morgan fingerprint density at radius 3 is 2.54 bits per heavy atom. The van der Waals surface area contributed by atoms with E-state index >= 15 is 0 Å². The first-order valence-electron chi connectivity index (χ1n) is 6.81. The molecule has 0 atom stereocenters. The Hall–Kier alpha value is -2.84. The van der Waals surface area contributed by atoms with Gasteiger partial charge >= 0.3 is 6.18 Å². The summed E-state index contributed by atoms with van der Waals surface area (Å²) in [7, 11) is 0. The molecule has 1 heterocycles. The molecule has 128 valence electrons. The van der Waals surface area contributed by atoms with E-state index in [0.29, 0.717) is 4.90 Å². The fraction of sp³-hybridized carbons (Fsp3) is 0.267. The Morgan fingerprint density at radius 1 is 1.33 bits per heavy atom. The first-order chi connectivity index (χ1) is 11.2. The highest BCUT2D eigenvalue weighted by atomic mass is 19.4. The van der Waals surface area contributed by atoms with Crippen LogP contribution in [0.1, 0.15) is 21.7 Å². The van der Waals surface area contributed by atoms with Crippen LogP contribution in [0, 0.1) is 17.0 Å². The molecule has 0 aliphatic heterocycles. The van der Waals surface area contributed by atoms with E-state index in [4.69, 9.17) is 4.42 Å². The topological polar surface area (TPSA) is 76.6 Å². The van der Waals surface area contributed by atoms with Crippen LogP contribution < -0.4 is 0 Å². The molecule has 0 saturated heterocycles. The van der Waals surface area contributed by atoms with Crippen LogP contribution in [0.5, 0.6) is 0 Å². The second-order valence-electron chi connectivity index (χ2n) is 5.11. The third-order valence-electron chi connectivity index (χ3n) is 3.22. The molecule has 0 aliphatic rings. The molecule has 1 aromatic carbocycles. The van der Waals surface area contributed by atoms with Crippen LogP contribution in [0.2, 0.25) is 0 Å². The van der Waals surface area contributed by atoms with E-state index in [9.17, 15) is 28.1 Å². The van der Waals surface area contributed by atoms with Crippen LogP contribution >= 0.6 is 0 Å². The third-order valence-corrected chi connectivity index (χ3v) is 3.22. The largest absolute Gasteiger partial charge is 0.467 e. The van der Waals surface area contributed by atoms with Crippen LogP contribution in [-0.2, 0) is 6.54 Å². The Labute approximate surface area is 134 Å². The number of carbonyl (C=O) groups is 1. The number of benzene rings is 1. The van der Waals surface area contributed by atoms with Gasteiger partial charge in [-0.3, -0.25) is 14.9 Å². The Kier molecular flexibility index (Phi) is 4.91. The van der Waals surface area contributed by atoms with Gasteiger partial charge < -0.3 is 9.32 Å². The minimum Gasteiger partial charge on any atom is -0.467 e. The number of nitro groups is 1. The monoisotopic (exact) mass is 342 g/mol. The lowest BCUT2D eigenvalue weighted by Gasteiger charge is -2.23. The first-order valence-corrected chi connectivity index (χ1v) is 6.81. The summed E-state index contributed by atoms with van der Waals surface area (Å²) in [6.45, 7) is -0.403. The van der Waals surface area contributed by atoms with Crippen molar-refractivity contribution in [3.8, 4) is 0 Å². The summed E-state index contributed by atoms with van der Waals surface area (Å²) in [4.78, 5) is 23.1. The third kappa shape index (κ3) is 4.34. The lowest BCUT2D eigenvalue weighted by molar-refractivity contribution is -0.385. The van der Waals surface area contributed by atoms with Crippen LogP contribution in [0.4, 0.5) is 18.9 Å². The number of rotatable bonds is 5. The zero-order chi connectivity index (χ0) is 17.9. The van der Waals surface area contributed by atoms with E-state index in [1.165, 1.54) is 31.4 Å². The van der Waals surface area contributed by atoms with Crippen LogP contribution in [-0.4, -0.2) is 28.5 Å². The molecule has 0 N–H and O–H groups in total. The highest BCUT2D eigenvalue weighted by Crippen LogP contribution is 2.23. The van der Waals surface area contributed by atoms with E-state index in [-0.39, 0.29) is 29.1 Å². The number of nitrogens with zero attached hydrogens (tertiary/aromatic N) is 2. The summed E-state index contributed by atoms with van der Waals surface area (Å²) in [6, 6.07) is 6.39. The molecule has 9 heteroatoms. The molecule has 0 bridgehead atoms. The van der Waals surface area contributed by atoms with Crippen molar-refractivity contribution in [2.24, 2.45) is 0 Å². The number of aryl methyl sites for hydroxylation is 1. The second kappa shape index (κ2) is 6.73. The molecule has 0 aliphatic carbocycles. The molecule has 1 amide bonds. The van der Waals surface area contributed by atoms with Crippen LogP contribution in [0.3, 0.4) is 0 Å². The van der Waals surface area contributed by atoms with Crippen LogP contribution in [0.15, 0.2) is 41.0 Å². The van der Waals surface area contributed by atoms with Crippen LogP contribution in [0.25, 0.3) is 0 Å².